The Morgan fingerprint density at radius 1 is 0.492 bits per heavy atom. The summed E-state index contributed by atoms with van der Waals surface area (Å²) in [5.74, 6) is -0.494. The van der Waals surface area contributed by atoms with Crippen molar-refractivity contribution in [3.05, 3.63) is 36.5 Å². The maximum atomic E-state index is 13.2. The first-order valence-electron chi connectivity index (χ1n) is 25.7. The predicted octanol–water partition coefficient (Wildman–Crippen LogP) is 15.3. The van der Waals surface area contributed by atoms with Crippen LogP contribution in [0.2, 0.25) is 0 Å². The molecule has 0 bridgehead atoms. The molecule has 6 nitrogen and oxygen atoms in total. The van der Waals surface area contributed by atoms with Crippen molar-refractivity contribution in [3.63, 3.8) is 0 Å². The molecule has 59 heavy (non-hydrogen) atoms. The number of carbonyl (C=O) groups excluding carboxylic acids is 2. The second-order valence-electron chi connectivity index (χ2n) is 17.6. The smallest absolute Gasteiger partial charge is 0.306 e. The normalized spacial score (nSPS) is 13.5. The number of hydrogen-bond acceptors (Lipinski definition) is 5. The van der Waals surface area contributed by atoms with E-state index in [1.54, 1.807) is 0 Å². The highest BCUT2D eigenvalue weighted by molar-refractivity contribution is 5.77. The number of ether oxygens (including phenoxy) is 1. The van der Waals surface area contributed by atoms with Crippen molar-refractivity contribution in [2.45, 2.75) is 283 Å². The van der Waals surface area contributed by atoms with E-state index in [9.17, 15) is 19.8 Å². The summed E-state index contributed by atoms with van der Waals surface area (Å²) in [6, 6.07) is -0.705. The summed E-state index contributed by atoms with van der Waals surface area (Å²) in [7, 11) is 0. The zero-order valence-electron chi connectivity index (χ0n) is 39.4. The third kappa shape index (κ3) is 42.6. The second kappa shape index (κ2) is 47.1. The molecule has 346 valence electrons. The van der Waals surface area contributed by atoms with Crippen molar-refractivity contribution in [3.8, 4) is 0 Å². The fraction of sp³-hybridized carbons (Fsp3) is 0.849. The Morgan fingerprint density at radius 3 is 1.41 bits per heavy atom. The molecule has 6 heteroatoms. The van der Waals surface area contributed by atoms with Crippen LogP contribution >= 0.6 is 0 Å². The van der Waals surface area contributed by atoms with Crippen LogP contribution in [0.1, 0.15) is 265 Å². The summed E-state index contributed by atoms with van der Waals surface area (Å²) in [6.45, 7) is 6.42. The third-order valence-electron chi connectivity index (χ3n) is 11.7. The van der Waals surface area contributed by atoms with E-state index in [1.807, 2.05) is 0 Å². The van der Waals surface area contributed by atoms with Crippen LogP contribution in [-0.2, 0) is 14.3 Å². The van der Waals surface area contributed by atoms with Crippen LogP contribution in [-0.4, -0.2) is 46.9 Å². The van der Waals surface area contributed by atoms with Crippen LogP contribution in [0.25, 0.3) is 0 Å². The van der Waals surface area contributed by atoms with Gasteiger partial charge in [-0.1, -0.05) is 211 Å². The highest BCUT2D eigenvalue weighted by atomic mass is 16.5. The van der Waals surface area contributed by atoms with Gasteiger partial charge in [-0.05, 0) is 77.0 Å². The number of allylic oxidation sites excluding steroid dienone is 6. The van der Waals surface area contributed by atoms with Crippen LogP contribution in [0.5, 0.6) is 0 Å². The van der Waals surface area contributed by atoms with Crippen molar-refractivity contribution in [2.24, 2.45) is 0 Å². The SMILES string of the molecule is CCCC/C=C\CCCCCC(CC(=O)NC(CO)C(O)CCCCCCCCCCCCCCCC)OC(=O)CCCCCCCCC/C=C\C/C=C\CCCCC. The lowest BCUT2D eigenvalue weighted by Gasteiger charge is -2.24. The molecule has 0 fully saturated rings. The molecule has 0 spiro atoms. The topological polar surface area (TPSA) is 95.9 Å². The molecule has 1 amide bonds. The number of unbranched alkanes of at least 4 members (excludes halogenated alkanes) is 28. The summed E-state index contributed by atoms with van der Waals surface area (Å²) in [4.78, 5) is 26.1. The maximum Gasteiger partial charge on any atom is 0.306 e. The Kier molecular flexibility index (Phi) is 45.6. The van der Waals surface area contributed by atoms with E-state index in [1.165, 1.54) is 135 Å². The highest BCUT2D eigenvalue weighted by Gasteiger charge is 2.24. The quantitative estimate of drug-likeness (QED) is 0.0323. The van der Waals surface area contributed by atoms with Crippen molar-refractivity contribution in [1.29, 1.82) is 0 Å². The van der Waals surface area contributed by atoms with Gasteiger partial charge in [0.25, 0.3) is 0 Å². The molecule has 0 saturated heterocycles. The molecular weight excluding hydrogens is 731 g/mol. The summed E-state index contributed by atoms with van der Waals surface area (Å²) < 4.78 is 5.91. The minimum absolute atomic E-state index is 0.0652. The van der Waals surface area contributed by atoms with E-state index in [2.05, 4.69) is 62.5 Å². The van der Waals surface area contributed by atoms with Gasteiger partial charge in [0.2, 0.25) is 5.91 Å². The van der Waals surface area contributed by atoms with E-state index in [-0.39, 0.29) is 24.9 Å². The zero-order valence-corrected chi connectivity index (χ0v) is 39.4. The Labute approximate surface area is 366 Å². The number of rotatable bonds is 46. The molecule has 0 aliphatic heterocycles. The average Bonchev–Trinajstić information content (AvgIpc) is 3.23. The lowest BCUT2D eigenvalue weighted by atomic mass is 10.0. The van der Waals surface area contributed by atoms with Crippen molar-refractivity contribution >= 4 is 11.9 Å². The van der Waals surface area contributed by atoms with Crippen LogP contribution in [0.15, 0.2) is 36.5 Å². The van der Waals surface area contributed by atoms with Gasteiger partial charge in [-0.2, -0.15) is 0 Å². The van der Waals surface area contributed by atoms with E-state index >= 15 is 0 Å². The number of esters is 1. The summed E-state index contributed by atoms with van der Waals surface area (Å²) in [5, 5.41) is 23.7. The summed E-state index contributed by atoms with van der Waals surface area (Å²) in [5.41, 5.74) is 0. The monoisotopic (exact) mass is 830 g/mol. The Hall–Kier alpha value is -1.92. The van der Waals surface area contributed by atoms with Gasteiger partial charge in [-0.25, -0.2) is 0 Å². The first-order valence-corrected chi connectivity index (χ1v) is 25.7. The van der Waals surface area contributed by atoms with Crippen LogP contribution in [0, 0.1) is 0 Å². The van der Waals surface area contributed by atoms with E-state index in [0.29, 0.717) is 19.3 Å². The van der Waals surface area contributed by atoms with Crippen molar-refractivity contribution < 1.29 is 24.5 Å². The number of nitrogens with one attached hydrogen (secondary N) is 1. The molecular formula is C53H99NO5. The first-order chi connectivity index (χ1) is 29.0. The molecule has 0 radical (unpaired) electrons. The van der Waals surface area contributed by atoms with Gasteiger partial charge >= 0.3 is 5.97 Å². The number of aliphatic hydroxyl groups is 2. The van der Waals surface area contributed by atoms with Gasteiger partial charge < -0.3 is 20.3 Å². The Morgan fingerprint density at radius 2 is 0.881 bits per heavy atom. The number of amides is 1. The standard InChI is InChI=1S/C53H99NO5/c1-4-7-10-13-16-19-21-23-25-26-27-29-31-34-37-40-43-46-53(58)59-49(44-41-38-35-32-18-15-12-9-6-3)47-52(57)54-50(48-55)51(56)45-42-39-36-33-30-28-24-22-20-17-14-11-8-5-2/h15-16,18-19,23,25,49-51,55-56H,4-14,17,20-22,24,26-48H2,1-3H3,(H,54,57)/b18-15-,19-16-,25-23-. The first kappa shape index (κ1) is 57.1. The predicted molar refractivity (Wildman–Crippen MR) is 255 cm³/mol. The molecule has 0 aromatic rings. The van der Waals surface area contributed by atoms with Gasteiger partial charge in [0.05, 0.1) is 25.2 Å². The van der Waals surface area contributed by atoms with Gasteiger partial charge in [0.1, 0.15) is 6.10 Å². The Bertz CT molecular complexity index is 977. The molecule has 0 aliphatic rings. The zero-order chi connectivity index (χ0) is 43.1. The Balaban J connectivity index is 4.46. The minimum atomic E-state index is -0.790. The molecule has 3 unspecified atom stereocenters. The number of hydrogen-bond donors (Lipinski definition) is 3. The summed E-state index contributed by atoms with van der Waals surface area (Å²) >= 11 is 0. The summed E-state index contributed by atoms with van der Waals surface area (Å²) in [6.07, 6.45) is 54.9. The number of carbonyl (C=O) groups is 2. The molecule has 0 rings (SSSR count). The third-order valence-corrected chi connectivity index (χ3v) is 11.7. The lowest BCUT2D eigenvalue weighted by Crippen LogP contribution is -2.46. The van der Waals surface area contributed by atoms with E-state index < -0.39 is 18.2 Å². The molecule has 0 aromatic heterocycles. The molecule has 0 saturated carbocycles. The number of aliphatic hydroxyl groups excluding tert-OH is 2. The van der Waals surface area contributed by atoms with Gasteiger partial charge in [0, 0.05) is 6.42 Å². The molecule has 0 aromatic carbocycles. The lowest BCUT2D eigenvalue weighted by molar-refractivity contribution is -0.151. The van der Waals surface area contributed by atoms with Crippen LogP contribution in [0.3, 0.4) is 0 Å². The van der Waals surface area contributed by atoms with Crippen LogP contribution in [0.4, 0.5) is 0 Å². The van der Waals surface area contributed by atoms with E-state index in [0.717, 1.165) is 83.5 Å². The van der Waals surface area contributed by atoms with Crippen molar-refractivity contribution in [1.82, 2.24) is 5.32 Å². The maximum absolute atomic E-state index is 13.2. The fourth-order valence-corrected chi connectivity index (χ4v) is 7.74. The molecule has 0 aliphatic carbocycles. The minimum Gasteiger partial charge on any atom is -0.462 e. The average molecular weight is 830 g/mol. The van der Waals surface area contributed by atoms with E-state index in [4.69, 9.17) is 4.74 Å². The van der Waals surface area contributed by atoms with Crippen LogP contribution < -0.4 is 5.32 Å². The largest absolute Gasteiger partial charge is 0.462 e. The van der Waals surface area contributed by atoms with Gasteiger partial charge in [0.15, 0.2) is 0 Å². The van der Waals surface area contributed by atoms with Gasteiger partial charge in [-0.3, -0.25) is 9.59 Å². The molecule has 3 N–H and O–H groups in total. The molecule has 0 heterocycles. The molecule has 3 atom stereocenters. The fourth-order valence-electron chi connectivity index (χ4n) is 7.74. The van der Waals surface area contributed by atoms with Crippen molar-refractivity contribution in [2.75, 3.05) is 6.61 Å². The second-order valence-corrected chi connectivity index (χ2v) is 17.6. The van der Waals surface area contributed by atoms with Gasteiger partial charge in [-0.15, -0.1) is 0 Å². The highest BCUT2D eigenvalue weighted by Crippen LogP contribution is 2.18.